The van der Waals surface area contributed by atoms with Gasteiger partial charge in [-0.1, -0.05) is 56.3 Å². The second kappa shape index (κ2) is 9.37. The minimum atomic E-state index is -0.310. The third-order valence-electron chi connectivity index (χ3n) is 5.47. The number of fused-ring (bicyclic) bond motifs is 1. The van der Waals surface area contributed by atoms with Gasteiger partial charge in [0.15, 0.2) is 0 Å². The van der Waals surface area contributed by atoms with Crippen molar-refractivity contribution in [1.82, 2.24) is 4.57 Å². The molecule has 0 atom stereocenters. The van der Waals surface area contributed by atoms with Gasteiger partial charge < -0.3 is 15.0 Å². The maximum Gasteiger partial charge on any atom is 0.258 e. The summed E-state index contributed by atoms with van der Waals surface area (Å²) in [7, 11) is 0. The maximum atomic E-state index is 13.6. The van der Waals surface area contributed by atoms with E-state index in [0.29, 0.717) is 24.3 Å². The zero-order valence-electron chi connectivity index (χ0n) is 18.3. The first-order valence-corrected chi connectivity index (χ1v) is 10.8. The van der Waals surface area contributed by atoms with Crippen LogP contribution >= 0.6 is 0 Å². The Morgan fingerprint density at radius 3 is 2.34 bits per heavy atom. The van der Waals surface area contributed by atoms with Crippen molar-refractivity contribution in [2.75, 3.05) is 0 Å². The molecule has 0 saturated heterocycles. The number of nitrogens with zero attached hydrogens (tertiary/aromatic N) is 1. The summed E-state index contributed by atoms with van der Waals surface area (Å²) in [6.07, 6.45) is 0. The molecule has 1 heterocycles. The number of aromatic nitrogens is 1. The van der Waals surface area contributed by atoms with Gasteiger partial charge in [0, 0.05) is 35.1 Å². The van der Waals surface area contributed by atoms with Gasteiger partial charge in [-0.3, -0.25) is 4.79 Å². The predicted octanol–water partition coefficient (Wildman–Crippen LogP) is 5.50. The van der Waals surface area contributed by atoms with Crippen molar-refractivity contribution in [1.29, 1.82) is 0 Å². The summed E-state index contributed by atoms with van der Waals surface area (Å²) in [4.78, 5) is 13.4. The molecule has 32 heavy (non-hydrogen) atoms. The van der Waals surface area contributed by atoms with Crippen LogP contribution in [0.3, 0.4) is 0 Å². The molecule has 0 spiro atoms. The van der Waals surface area contributed by atoms with Crippen LogP contribution in [0.5, 0.6) is 5.75 Å². The van der Waals surface area contributed by atoms with E-state index in [2.05, 4.69) is 13.8 Å². The Kier molecular flexibility index (Phi) is 6.37. The van der Waals surface area contributed by atoms with Crippen molar-refractivity contribution in [3.8, 4) is 16.9 Å². The highest BCUT2D eigenvalue weighted by atomic mass is 19.1. The van der Waals surface area contributed by atoms with E-state index in [0.717, 1.165) is 27.8 Å². The van der Waals surface area contributed by atoms with Crippen molar-refractivity contribution in [3.05, 3.63) is 100 Å². The largest absolute Gasteiger partial charge is 0.489 e. The lowest BCUT2D eigenvalue weighted by Gasteiger charge is -2.21. The summed E-state index contributed by atoms with van der Waals surface area (Å²) in [5, 5.41) is 1.35. The average molecular weight is 431 g/mol. The number of rotatable bonds is 7. The lowest BCUT2D eigenvalue weighted by Crippen LogP contribution is -2.28. The molecule has 2 N–H and O–H groups in total. The molecule has 0 amide bonds. The zero-order valence-corrected chi connectivity index (χ0v) is 18.3. The number of benzene rings is 3. The molecule has 4 aromatic rings. The number of ether oxygens (including phenoxy) is 1. The molecule has 0 bridgehead atoms. The molecule has 1 aromatic heterocycles. The van der Waals surface area contributed by atoms with Crippen molar-refractivity contribution in [3.63, 3.8) is 0 Å². The van der Waals surface area contributed by atoms with E-state index in [1.165, 1.54) is 12.1 Å². The fourth-order valence-corrected chi connectivity index (χ4v) is 4.01. The first kappa shape index (κ1) is 21.8. The SMILES string of the molecule is CC(C)Cn1c(CN)c(-c2ccc(F)cc2)c2cc(OCc3ccccc3)ccc2c1=O. The monoisotopic (exact) mass is 430 g/mol. The maximum absolute atomic E-state index is 13.6. The Morgan fingerprint density at radius 2 is 1.69 bits per heavy atom. The third-order valence-corrected chi connectivity index (χ3v) is 5.47. The zero-order chi connectivity index (χ0) is 22.7. The molecule has 0 unspecified atom stereocenters. The summed E-state index contributed by atoms with van der Waals surface area (Å²) >= 11 is 0. The summed E-state index contributed by atoms with van der Waals surface area (Å²) in [6, 6.07) is 21.7. The van der Waals surface area contributed by atoms with Crippen molar-refractivity contribution < 1.29 is 9.13 Å². The minimum Gasteiger partial charge on any atom is -0.489 e. The quantitative estimate of drug-likeness (QED) is 0.421. The summed E-state index contributed by atoms with van der Waals surface area (Å²) in [6.45, 7) is 5.30. The van der Waals surface area contributed by atoms with E-state index in [4.69, 9.17) is 10.5 Å². The molecule has 0 aliphatic rings. The topological polar surface area (TPSA) is 57.2 Å². The molecule has 0 saturated carbocycles. The van der Waals surface area contributed by atoms with Crippen LogP contribution in [0, 0.1) is 11.7 Å². The van der Waals surface area contributed by atoms with Gasteiger partial charge in [-0.25, -0.2) is 4.39 Å². The Morgan fingerprint density at radius 1 is 0.969 bits per heavy atom. The van der Waals surface area contributed by atoms with Crippen LogP contribution in [0.1, 0.15) is 25.1 Å². The smallest absolute Gasteiger partial charge is 0.258 e. The molecule has 0 aliphatic heterocycles. The van der Waals surface area contributed by atoms with Crippen LogP contribution in [-0.2, 0) is 19.7 Å². The second-order valence-corrected chi connectivity index (χ2v) is 8.32. The number of pyridine rings is 1. The van der Waals surface area contributed by atoms with Crippen molar-refractivity contribution >= 4 is 10.8 Å². The van der Waals surface area contributed by atoms with Gasteiger partial charge in [-0.15, -0.1) is 0 Å². The van der Waals surface area contributed by atoms with Gasteiger partial charge in [0.05, 0.1) is 0 Å². The molecule has 0 radical (unpaired) electrons. The lowest BCUT2D eigenvalue weighted by atomic mass is 9.96. The molecule has 3 aromatic carbocycles. The fraction of sp³-hybridized carbons (Fsp3) is 0.222. The van der Waals surface area contributed by atoms with E-state index in [9.17, 15) is 9.18 Å². The minimum absolute atomic E-state index is 0.0744. The standard InChI is InChI=1S/C27H27FN2O2/c1-18(2)16-30-25(15-29)26(20-8-10-21(28)11-9-20)24-14-22(12-13-23(24)27(30)31)32-17-19-6-4-3-5-7-19/h3-14,18H,15-17,29H2,1-2H3. The highest BCUT2D eigenvalue weighted by Crippen LogP contribution is 2.33. The predicted molar refractivity (Wildman–Crippen MR) is 127 cm³/mol. The highest BCUT2D eigenvalue weighted by molar-refractivity contribution is 5.98. The van der Waals surface area contributed by atoms with Crippen LogP contribution < -0.4 is 16.0 Å². The molecular weight excluding hydrogens is 403 g/mol. The van der Waals surface area contributed by atoms with Gasteiger partial charge in [0.1, 0.15) is 18.2 Å². The molecule has 164 valence electrons. The molecule has 4 rings (SSSR count). The van der Waals surface area contributed by atoms with Gasteiger partial charge in [-0.05, 0) is 47.4 Å². The highest BCUT2D eigenvalue weighted by Gasteiger charge is 2.19. The van der Waals surface area contributed by atoms with Crippen molar-refractivity contribution in [2.24, 2.45) is 11.7 Å². The normalized spacial score (nSPS) is 11.3. The summed E-state index contributed by atoms with van der Waals surface area (Å²) < 4.78 is 21.4. The van der Waals surface area contributed by atoms with Crippen LogP contribution in [0.4, 0.5) is 4.39 Å². The Labute approximate surface area is 187 Å². The van der Waals surface area contributed by atoms with E-state index in [-0.39, 0.29) is 23.8 Å². The van der Waals surface area contributed by atoms with Crippen LogP contribution in [0.2, 0.25) is 0 Å². The third kappa shape index (κ3) is 4.43. The number of hydrogen-bond acceptors (Lipinski definition) is 3. The lowest BCUT2D eigenvalue weighted by molar-refractivity contribution is 0.306. The van der Waals surface area contributed by atoms with Crippen LogP contribution in [0.15, 0.2) is 77.6 Å². The Hall–Kier alpha value is -3.44. The first-order chi connectivity index (χ1) is 15.5. The molecule has 4 nitrogen and oxygen atoms in total. The summed E-state index contributed by atoms with van der Waals surface area (Å²) in [5.74, 6) is 0.619. The average Bonchev–Trinajstić information content (AvgIpc) is 2.80. The molecular formula is C27H27FN2O2. The number of nitrogens with two attached hydrogens (primary N) is 1. The van der Waals surface area contributed by atoms with E-state index >= 15 is 0 Å². The Bertz CT molecular complexity index is 1280. The van der Waals surface area contributed by atoms with Crippen LogP contribution in [-0.4, -0.2) is 4.57 Å². The van der Waals surface area contributed by atoms with Crippen molar-refractivity contribution in [2.45, 2.75) is 33.5 Å². The van der Waals surface area contributed by atoms with E-state index in [1.807, 2.05) is 48.5 Å². The van der Waals surface area contributed by atoms with E-state index < -0.39 is 0 Å². The second-order valence-electron chi connectivity index (χ2n) is 8.32. The molecule has 0 aliphatic carbocycles. The number of halogens is 1. The van der Waals surface area contributed by atoms with Gasteiger partial charge >= 0.3 is 0 Å². The van der Waals surface area contributed by atoms with Gasteiger partial charge in [0.25, 0.3) is 5.56 Å². The fourth-order valence-electron chi connectivity index (χ4n) is 4.01. The van der Waals surface area contributed by atoms with Crippen LogP contribution in [0.25, 0.3) is 21.9 Å². The molecule has 0 fully saturated rings. The van der Waals surface area contributed by atoms with Gasteiger partial charge in [-0.2, -0.15) is 0 Å². The Balaban J connectivity index is 1.90. The molecule has 5 heteroatoms. The van der Waals surface area contributed by atoms with E-state index in [1.54, 1.807) is 16.7 Å². The van der Waals surface area contributed by atoms with Gasteiger partial charge in [0.2, 0.25) is 0 Å². The summed E-state index contributed by atoms with van der Waals surface area (Å²) in [5.41, 5.74) is 9.54. The first-order valence-electron chi connectivity index (χ1n) is 10.8. The number of hydrogen-bond donors (Lipinski definition) is 1.